The zero-order valence-electron chi connectivity index (χ0n) is 9.58. The van der Waals surface area contributed by atoms with Crippen LogP contribution >= 0.6 is 24.0 Å². The highest BCUT2D eigenvalue weighted by Gasteiger charge is 2.13. The van der Waals surface area contributed by atoms with Crippen molar-refractivity contribution in [1.82, 2.24) is 0 Å². The van der Waals surface area contributed by atoms with E-state index in [-0.39, 0.29) is 29.2 Å². The fourth-order valence-electron chi connectivity index (χ4n) is 1.39. The fourth-order valence-corrected chi connectivity index (χ4v) is 1.66. The van der Waals surface area contributed by atoms with Gasteiger partial charge in [0.25, 0.3) is 0 Å². The predicted octanol–water partition coefficient (Wildman–Crippen LogP) is 3.88. The van der Waals surface area contributed by atoms with Gasteiger partial charge in [0.2, 0.25) is 0 Å². The molecule has 0 fully saturated rings. The lowest BCUT2D eigenvalue weighted by Crippen LogP contribution is -2.10. The number of halogens is 3. The lowest BCUT2D eigenvalue weighted by Gasteiger charge is -2.13. The first-order chi connectivity index (χ1) is 7.60. The fraction of sp³-hybridized carbons (Fsp3) is 0.333. The number of rotatable bonds is 5. The summed E-state index contributed by atoms with van der Waals surface area (Å²) in [6, 6.07) is 2.69. The van der Waals surface area contributed by atoms with Crippen molar-refractivity contribution >= 4 is 24.0 Å². The van der Waals surface area contributed by atoms with Crippen molar-refractivity contribution in [1.29, 1.82) is 0 Å². The Morgan fingerprint density at radius 3 is 2.71 bits per heavy atom. The quantitative estimate of drug-likeness (QED) is 0.831. The molecule has 96 valence electrons. The van der Waals surface area contributed by atoms with Gasteiger partial charge >= 0.3 is 0 Å². The molecule has 0 aliphatic carbocycles. The highest BCUT2D eigenvalue weighted by atomic mass is 35.5. The Hall–Kier alpha value is -0.770. The van der Waals surface area contributed by atoms with E-state index in [4.69, 9.17) is 22.1 Å². The van der Waals surface area contributed by atoms with E-state index >= 15 is 0 Å². The summed E-state index contributed by atoms with van der Waals surface area (Å²) in [7, 11) is 0. The third-order valence-corrected chi connectivity index (χ3v) is 2.44. The van der Waals surface area contributed by atoms with E-state index < -0.39 is 5.82 Å². The van der Waals surface area contributed by atoms with Gasteiger partial charge in [-0.05, 0) is 31.0 Å². The Labute approximate surface area is 112 Å². The first-order valence-electron chi connectivity index (χ1n) is 5.08. The molecule has 0 amide bonds. The lowest BCUT2D eigenvalue weighted by atomic mass is 10.0. The third-order valence-electron chi connectivity index (χ3n) is 2.16. The van der Waals surface area contributed by atoms with Gasteiger partial charge in [-0.25, -0.2) is 4.39 Å². The Bertz CT molecular complexity index is 362. The highest BCUT2D eigenvalue weighted by Crippen LogP contribution is 2.31. The molecule has 1 aromatic carbocycles. The van der Waals surface area contributed by atoms with Crippen molar-refractivity contribution in [3.8, 4) is 5.75 Å². The standard InChI is InChI=1S/C12H15ClFNO.ClH/c1-3-5-11(15)8-6-9(13)12(16-4-2)10(14)7-8;/h3,6-7,11H,1,4-5,15H2,2H3;1H/t11-;/m0./s1. The summed E-state index contributed by atoms with van der Waals surface area (Å²) in [4.78, 5) is 0. The lowest BCUT2D eigenvalue weighted by molar-refractivity contribution is 0.321. The minimum Gasteiger partial charge on any atom is -0.489 e. The molecule has 0 spiro atoms. The average Bonchev–Trinajstić information content (AvgIpc) is 2.23. The van der Waals surface area contributed by atoms with Crippen molar-refractivity contribution in [3.05, 3.63) is 41.2 Å². The number of hydrogen-bond acceptors (Lipinski definition) is 2. The molecule has 0 saturated heterocycles. The van der Waals surface area contributed by atoms with Crippen molar-refractivity contribution < 1.29 is 9.13 Å². The van der Waals surface area contributed by atoms with Gasteiger partial charge in [-0.2, -0.15) is 0 Å². The van der Waals surface area contributed by atoms with Gasteiger partial charge in [0.15, 0.2) is 11.6 Å². The number of ether oxygens (including phenoxy) is 1. The van der Waals surface area contributed by atoms with E-state index in [1.54, 1.807) is 19.1 Å². The zero-order valence-corrected chi connectivity index (χ0v) is 11.2. The molecule has 17 heavy (non-hydrogen) atoms. The second-order valence-electron chi connectivity index (χ2n) is 3.38. The van der Waals surface area contributed by atoms with Crippen LogP contribution in [0.3, 0.4) is 0 Å². The molecule has 2 N–H and O–H groups in total. The van der Waals surface area contributed by atoms with Crippen LogP contribution in [0.5, 0.6) is 5.75 Å². The maximum absolute atomic E-state index is 13.6. The van der Waals surface area contributed by atoms with Crippen molar-refractivity contribution in [2.45, 2.75) is 19.4 Å². The van der Waals surface area contributed by atoms with E-state index in [1.165, 1.54) is 6.07 Å². The summed E-state index contributed by atoms with van der Waals surface area (Å²) in [5, 5.41) is 0.247. The maximum atomic E-state index is 13.6. The summed E-state index contributed by atoms with van der Waals surface area (Å²) in [6.07, 6.45) is 2.26. The topological polar surface area (TPSA) is 35.2 Å². The van der Waals surface area contributed by atoms with Crippen LogP contribution in [-0.4, -0.2) is 6.61 Å². The van der Waals surface area contributed by atoms with E-state index in [0.29, 0.717) is 18.6 Å². The Balaban J connectivity index is 0.00000256. The van der Waals surface area contributed by atoms with Crippen LogP contribution in [0.1, 0.15) is 24.9 Å². The number of nitrogens with two attached hydrogens (primary N) is 1. The van der Waals surface area contributed by atoms with Gasteiger partial charge in [-0.1, -0.05) is 17.7 Å². The smallest absolute Gasteiger partial charge is 0.173 e. The Morgan fingerprint density at radius 2 is 2.24 bits per heavy atom. The summed E-state index contributed by atoms with van der Waals surface area (Å²) in [6.45, 7) is 5.73. The van der Waals surface area contributed by atoms with Crippen molar-refractivity contribution in [3.63, 3.8) is 0 Å². The summed E-state index contributed by atoms with van der Waals surface area (Å²) in [5.41, 5.74) is 6.47. The molecule has 2 nitrogen and oxygen atoms in total. The molecule has 0 radical (unpaired) electrons. The van der Waals surface area contributed by atoms with E-state index in [0.717, 1.165) is 0 Å². The second kappa shape index (κ2) is 7.54. The van der Waals surface area contributed by atoms with Crippen LogP contribution in [0.25, 0.3) is 0 Å². The number of benzene rings is 1. The third kappa shape index (κ3) is 4.19. The van der Waals surface area contributed by atoms with Gasteiger partial charge in [-0.15, -0.1) is 19.0 Å². The first kappa shape index (κ1) is 16.2. The van der Waals surface area contributed by atoms with Gasteiger partial charge in [-0.3, -0.25) is 0 Å². The van der Waals surface area contributed by atoms with E-state index in [2.05, 4.69) is 6.58 Å². The Kier molecular flexibility index (Phi) is 7.19. The SMILES string of the molecule is C=CC[C@H](N)c1cc(F)c(OCC)c(Cl)c1.Cl. The summed E-state index contributed by atoms with van der Waals surface area (Å²) < 4.78 is 18.7. The summed E-state index contributed by atoms with van der Waals surface area (Å²) >= 11 is 5.91. The molecule has 5 heteroatoms. The highest BCUT2D eigenvalue weighted by molar-refractivity contribution is 6.32. The van der Waals surface area contributed by atoms with Crippen LogP contribution in [0.2, 0.25) is 5.02 Å². The minimum atomic E-state index is -0.483. The predicted molar refractivity (Wildman–Crippen MR) is 71.6 cm³/mol. The average molecular weight is 280 g/mol. The molecule has 1 rings (SSSR count). The number of hydrogen-bond donors (Lipinski definition) is 1. The van der Waals surface area contributed by atoms with Crippen molar-refractivity contribution in [2.24, 2.45) is 5.73 Å². The molecule has 0 aromatic heterocycles. The van der Waals surface area contributed by atoms with Crippen LogP contribution < -0.4 is 10.5 Å². The molecule has 0 aliphatic rings. The molecule has 0 bridgehead atoms. The van der Waals surface area contributed by atoms with Gasteiger partial charge in [0.05, 0.1) is 11.6 Å². The maximum Gasteiger partial charge on any atom is 0.173 e. The molecule has 0 unspecified atom stereocenters. The van der Waals surface area contributed by atoms with Crippen LogP contribution in [0.4, 0.5) is 4.39 Å². The van der Waals surface area contributed by atoms with Gasteiger partial charge in [0, 0.05) is 6.04 Å². The monoisotopic (exact) mass is 279 g/mol. The van der Waals surface area contributed by atoms with Crippen LogP contribution in [0, 0.1) is 5.82 Å². The largest absolute Gasteiger partial charge is 0.489 e. The second-order valence-corrected chi connectivity index (χ2v) is 3.78. The Morgan fingerprint density at radius 1 is 1.59 bits per heavy atom. The molecule has 0 heterocycles. The molecule has 0 saturated carbocycles. The summed E-state index contributed by atoms with van der Waals surface area (Å²) in [5.74, 6) is -0.400. The van der Waals surface area contributed by atoms with Gasteiger partial charge in [0.1, 0.15) is 0 Å². The molecular formula is C12H16Cl2FNO. The van der Waals surface area contributed by atoms with Crippen molar-refractivity contribution in [2.75, 3.05) is 6.61 Å². The van der Waals surface area contributed by atoms with E-state index in [9.17, 15) is 4.39 Å². The zero-order chi connectivity index (χ0) is 12.1. The van der Waals surface area contributed by atoms with Gasteiger partial charge < -0.3 is 10.5 Å². The first-order valence-corrected chi connectivity index (χ1v) is 5.46. The molecule has 0 aliphatic heterocycles. The van der Waals surface area contributed by atoms with Crippen LogP contribution in [-0.2, 0) is 0 Å². The molecule has 1 aromatic rings. The molecule has 1 atom stereocenters. The van der Waals surface area contributed by atoms with E-state index in [1.807, 2.05) is 0 Å². The molecular weight excluding hydrogens is 264 g/mol. The minimum absolute atomic E-state index is 0. The normalized spacial score (nSPS) is 11.5. The van der Waals surface area contributed by atoms with Crippen LogP contribution in [0.15, 0.2) is 24.8 Å².